The molecule has 0 atom stereocenters. The lowest BCUT2D eigenvalue weighted by atomic mass is 10.2. The molecule has 8 nitrogen and oxygen atoms in total. The van der Waals surface area contributed by atoms with Crippen molar-refractivity contribution >= 4 is 25.8 Å². The third-order valence-corrected chi connectivity index (χ3v) is 6.62. The maximum Gasteiger partial charge on any atom is 0.240 e. The minimum Gasteiger partial charge on any atom is -0.494 e. The number of ether oxygens (including phenoxy) is 1. The van der Waals surface area contributed by atoms with E-state index in [4.69, 9.17) is 4.74 Å². The van der Waals surface area contributed by atoms with Gasteiger partial charge in [-0.3, -0.25) is 4.79 Å². The SMILES string of the molecule is CNS(=O)(=O)c1ccc(CNC(=O)CCCOc2ccc(S(C)(=O)=O)cc2)cc1. The van der Waals surface area contributed by atoms with Crippen LogP contribution in [0.5, 0.6) is 5.75 Å². The van der Waals surface area contributed by atoms with Gasteiger partial charge in [0.1, 0.15) is 5.75 Å². The van der Waals surface area contributed by atoms with E-state index in [9.17, 15) is 21.6 Å². The van der Waals surface area contributed by atoms with Crippen molar-refractivity contribution < 1.29 is 26.4 Å². The van der Waals surface area contributed by atoms with E-state index in [0.29, 0.717) is 25.3 Å². The average Bonchev–Trinajstić information content (AvgIpc) is 2.69. The van der Waals surface area contributed by atoms with Crippen molar-refractivity contribution in [1.82, 2.24) is 10.0 Å². The molecular formula is C19H24N2O6S2. The highest BCUT2D eigenvalue weighted by molar-refractivity contribution is 7.90. The average molecular weight is 441 g/mol. The van der Waals surface area contributed by atoms with E-state index in [0.717, 1.165) is 11.8 Å². The largest absolute Gasteiger partial charge is 0.494 e. The Hall–Kier alpha value is -2.43. The van der Waals surface area contributed by atoms with Gasteiger partial charge in [0.05, 0.1) is 16.4 Å². The van der Waals surface area contributed by atoms with Crippen LogP contribution >= 0.6 is 0 Å². The Morgan fingerprint density at radius 1 is 0.931 bits per heavy atom. The third kappa shape index (κ3) is 7.15. The second kappa shape index (κ2) is 9.86. The Morgan fingerprint density at radius 2 is 1.52 bits per heavy atom. The van der Waals surface area contributed by atoms with Crippen LogP contribution in [0.4, 0.5) is 0 Å². The van der Waals surface area contributed by atoms with Gasteiger partial charge in [-0.25, -0.2) is 21.6 Å². The Labute approximate surface area is 171 Å². The molecule has 2 aromatic rings. The minimum absolute atomic E-state index is 0.145. The molecule has 0 unspecified atom stereocenters. The molecule has 0 aromatic heterocycles. The number of hydrogen-bond donors (Lipinski definition) is 2. The molecule has 0 bridgehead atoms. The number of amides is 1. The molecule has 0 aliphatic heterocycles. The lowest BCUT2D eigenvalue weighted by Crippen LogP contribution is -2.23. The van der Waals surface area contributed by atoms with Crippen LogP contribution in [0.15, 0.2) is 58.3 Å². The Morgan fingerprint density at radius 3 is 2.07 bits per heavy atom. The first kappa shape index (κ1) is 22.9. The predicted molar refractivity (Wildman–Crippen MR) is 109 cm³/mol. The highest BCUT2D eigenvalue weighted by atomic mass is 32.2. The van der Waals surface area contributed by atoms with Crippen molar-refractivity contribution in [1.29, 1.82) is 0 Å². The molecule has 29 heavy (non-hydrogen) atoms. The van der Waals surface area contributed by atoms with Gasteiger partial charge in [-0.1, -0.05) is 12.1 Å². The summed E-state index contributed by atoms with van der Waals surface area (Å²) in [4.78, 5) is 12.3. The summed E-state index contributed by atoms with van der Waals surface area (Å²) in [6, 6.07) is 12.4. The van der Waals surface area contributed by atoms with E-state index in [1.807, 2.05) is 0 Å². The first-order valence-electron chi connectivity index (χ1n) is 8.84. The van der Waals surface area contributed by atoms with Gasteiger partial charge in [0.15, 0.2) is 9.84 Å². The van der Waals surface area contributed by atoms with Gasteiger partial charge in [-0.2, -0.15) is 0 Å². The lowest BCUT2D eigenvalue weighted by molar-refractivity contribution is -0.121. The third-order valence-electron chi connectivity index (χ3n) is 4.06. The number of carbonyl (C=O) groups is 1. The van der Waals surface area contributed by atoms with Gasteiger partial charge in [0, 0.05) is 19.2 Å². The molecule has 0 saturated heterocycles. The van der Waals surface area contributed by atoms with Crippen molar-refractivity contribution in [3.63, 3.8) is 0 Å². The molecule has 0 radical (unpaired) electrons. The summed E-state index contributed by atoms with van der Waals surface area (Å²) in [5.74, 6) is 0.391. The first-order valence-corrected chi connectivity index (χ1v) is 12.2. The maximum absolute atomic E-state index is 11.9. The fourth-order valence-electron chi connectivity index (χ4n) is 2.40. The van der Waals surface area contributed by atoms with Crippen molar-refractivity contribution in [3.8, 4) is 5.75 Å². The molecule has 0 aliphatic rings. The number of benzene rings is 2. The van der Waals surface area contributed by atoms with Crippen LogP contribution < -0.4 is 14.8 Å². The first-order chi connectivity index (χ1) is 13.6. The number of sulfonamides is 1. The number of carbonyl (C=O) groups excluding carboxylic acids is 1. The standard InChI is InChI=1S/C19H24N2O6S2/c1-20-29(25,26)18-9-5-15(6-10-18)14-21-19(22)4-3-13-27-16-7-11-17(12-8-16)28(2,23)24/h5-12,20H,3-4,13-14H2,1-2H3,(H,21,22). The summed E-state index contributed by atoms with van der Waals surface area (Å²) in [5, 5.41) is 2.77. The number of hydrogen-bond acceptors (Lipinski definition) is 6. The van der Waals surface area contributed by atoms with E-state index >= 15 is 0 Å². The Bertz CT molecular complexity index is 1030. The monoisotopic (exact) mass is 440 g/mol. The molecule has 0 saturated carbocycles. The summed E-state index contributed by atoms with van der Waals surface area (Å²) in [5.41, 5.74) is 0.788. The molecule has 0 heterocycles. The van der Waals surface area contributed by atoms with Crippen LogP contribution in [0.2, 0.25) is 0 Å². The van der Waals surface area contributed by atoms with Crippen LogP contribution in [0.3, 0.4) is 0 Å². The normalized spacial score (nSPS) is 11.8. The molecular weight excluding hydrogens is 416 g/mol. The molecule has 10 heteroatoms. The van der Waals surface area contributed by atoms with Crippen molar-refractivity contribution in [3.05, 3.63) is 54.1 Å². The summed E-state index contributed by atoms with van der Waals surface area (Å²) < 4.78 is 53.9. The van der Waals surface area contributed by atoms with Gasteiger partial charge < -0.3 is 10.1 Å². The topological polar surface area (TPSA) is 119 Å². The Kier molecular flexibility index (Phi) is 7.77. The van der Waals surface area contributed by atoms with Gasteiger partial charge in [0.2, 0.25) is 15.9 Å². The highest BCUT2D eigenvalue weighted by Gasteiger charge is 2.10. The number of nitrogens with one attached hydrogen (secondary N) is 2. The molecule has 2 N–H and O–H groups in total. The van der Waals surface area contributed by atoms with Crippen LogP contribution in [-0.2, 0) is 31.2 Å². The molecule has 1 amide bonds. The van der Waals surface area contributed by atoms with Crippen molar-refractivity contribution in [2.75, 3.05) is 19.9 Å². The minimum atomic E-state index is -3.47. The lowest BCUT2D eigenvalue weighted by Gasteiger charge is -2.08. The molecule has 0 aliphatic carbocycles. The van der Waals surface area contributed by atoms with Crippen LogP contribution in [-0.4, -0.2) is 42.7 Å². The van der Waals surface area contributed by atoms with Crippen molar-refractivity contribution in [2.24, 2.45) is 0 Å². The van der Waals surface area contributed by atoms with Crippen LogP contribution in [0.25, 0.3) is 0 Å². The van der Waals surface area contributed by atoms with E-state index in [1.165, 1.54) is 31.3 Å². The maximum atomic E-state index is 11.9. The van der Waals surface area contributed by atoms with Crippen LogP contribution in [0, 0.1) is 0 Å². The zero-order valence-electron chi connectivity index (χ0n) is 16.2. The smallest absolute Gasteiger partial charge is 0.240 e. The fourth-order valence-corrected chi connectivity index (χ4v) is 3.76. The quantitative estimate of drug-likeness (QED) is 0.540. The van der Waals surface area contributed by atoms with Gasteiger partial charge in [-0.15, -0.1) is 0 Å². The van der Waals surface area contributed by atoms with Gasteiger partial charge >= 0.3 is 0 Å². The Balaban J connectivity index is 1.71. The number of sulfone groups is 1. The molecule has 2 aromatic carbocycles. The predicted octanol–water partition coefficient (Wildman–Crippen LogP) is 1.47. The molecule has 0 fully saturated rings. The summed E-state index contributed by atoms with van der Waals surface area (Å²) >= 11 is 0. The zero-order valence-corrected chi connectivity index (χ0v) is 17.8. The summed E-state index contributed by atoms with van der Waals surface area (Å²) in [6.07, 6.45) is 1.91. The second-order valence-corrected chi connectivity index (χ2v) is 10.2. The van der Waals surface area contributed by atoms with Gasteiger partial charge in [-0.05, 0) is 55.4 Å². The molecule has 158 valence electrons. The van der Waals surface area contributed by atoms with Crippen LogP contribution in [0.1, 0.15) is 18.4 Å². The zero-order chi connectivity index (χ0) is 21.5. The van der Waals surface area contributed by atoms with E-state index in [2.05, 4.69) is 10.0 Å². The summed E-state index contributed by atoms with van der Waals surface area (Å²) in [7, 11) is -5.37. The van der Waals surface area contributed by atoms with Crippen molar-refractivity contribution in [2.45, 2.75) is 29.2 Å². The van der Waals surface area contributed by atoms with E-state index in [1.54, 1.807) is 24.3 Å². The fraction of sp³-hybridized carbons (Fsp3) is 0.316. The van der Waals surface area contributed by atoms with E-state index < -0.39 is 19.9 Å². The molecule has 2 rings (SSSR count). The highest BCUT2D eigenvalue weighted by Crippen LogP contribution is 2.16. The summed E-state index contributed by atoms with van der Waals surface area (Å²) in [6.45, 7) is 0.620. The molecule has 0 spiro atoms. The van der Waals surface area contributed by atoms with E-state index in [-0.39, 0.29) is 22.1 Å². The second-order valence-electron chi connectivity index (χ2n) is 6.32. The number of rotatable bonds is 10. The van der Waals surface area contributed by atoms with Gasteiger partial charge in [0.25, 0.3) is 0 Å².